The van der Waals surface area contributed by atoms with Gasteiger partial charge in [0.25, 0.3) is 0 Å². The van der Waals surface area contributed by atoms with Crippen LogP contribution in [0.4, 0.5) is 0 Å². The van der Waals surface area contributed by atoms with Crippen LogP contribution in [-0.4, -0.2) is 22.6 Å². The summed E-state index contributed by atoms with van der Waals surface area (Å²) in [6, 6.07) is 17.4. The largest absolute Gasteiger partial charge is 0.493 e. The highest BCUT2D eigenvalue weighted by atomic mass is 32.2. The zero-order valence-corrected chi connectivity index (χ0v) is 16.0. The van der Waals surface area contributed by atoms with Crippen LogP contribution in [0, 0.1) is 0 Å². The number of methoxy groups -OCH3 is 2. The average Bonchev–Trinajstić information content (AvgIpc) is 3.20. The third-order valence-electron chi connectivity index (χ3n) is 3.90. The van der Waals surface area contributed by atoms with Crippen LogP contribution in [0.2, 0.25) is 0 Å². The molecule has 0 bridgehead atoms. The predicted octanol–water partition coefficient (Wildman–Crippen LogP) is 3.83. The van der Waals surface area contributed by atoms with Crippen molar-refractivity contribution in [3.63, 3.8) is 0 Å². The normalized spacial score (nSPS) is 12.5. The van der Waals surface area contributed by atoms with E-state index in [2.05, 4.69) is 4.72 Å². The zero-order chi connectivity index (χ0) is 18.6. The van der Waals surface area contributed by atoms with Crippen molar-refractivity contribution < 1.29 is 17.9 Å². The fraction of sp³-hybridized carbons (Fsp3) is 0.158. The first-order valence-corrected chi connectivity index (χ1v) is 10.2. The number of benzene rings is 2. The second kappa shape index (κ2) is 7.90. The van der Waals surface area contributed by atoms with Gasteiger partial charge >= 0.3 is 0 Å². The molecule has 1 atom stereocenters. The molecule has 0 radical (unpaired) electrons. The van der Waals surface area contributed by atoms with Crippen molar-refractivity contribution in [2.24, 2.45) is 0 Å². The molecule has 1 heterocycles. The maximum absolute atomic E-state index is 13.0. The third-order valence-corrected chi connectivity index (χ3v) is 6.26. The molecule has 0 aliphatic heterocycles. The number of sulfonamides is 1. The lowest BCUT2D eigenvalue weighted by atomic mass is 10.1. The lowest BCUT2D eigenvalue weighted by Crippen LogP contribution is -2.29. The molecule has 0 aliphatic rings. The maximum atomic E-state index is 13.0. The van der Waals surface area contributed by atoms with Gasteiger partial charge in [-0.15, -0.1) is 11.3 Å². The van der Waals surface area contributed by atoms with Crippen molar-refractivity contribution >= 4 is 21.4 Å². The Balaban J connectivity index is 1.98. The second-order valence-electron chi connectivity index (χ2n) is 5.50. The lowest BCUT2D eigenvalue weighted by molar-refractivity contribution is 0.354. The van der Waals surface area contributed by atoms with Crippen LogP contribution in [0.5, 0.6) is 11.5 Å². The van der Waals surface area contributed by atoms with Gasteiger partial charge in [0.1, 0.15) is 0 Å². The first-order valence-electron chi connectivity index (χ1n) is 7.88. The highest BCUT2D eigenvalue weighted by Gasteiger charge is 2.24. The molecule has 136 valence electrons. The number of hydrogen-bond acceptors (Lipinski definition) is 5. The Labute approximate surface area is 157 Å². The molecule has 7 heteroatoms. The van der Waals surface area contributed by atoms with Crippen molar-refractivity contribution in [2.45, 2.75) is 10.9 Å². The average molecular weight is 389 g/mol. The molecular formula is C19H19NO4S2. The van der Waals surface area contributed by atoms with Gasteiger partial charge in [0, 0.05) is 10.9 Å². The predicted molar refractivity (Wildman–Crippen MR) is 102 cm³/mol. The van der Waals surface area contributed by atoms with Crippen molar-refractivity contribution in [1.82, 2.24) is 4.72 Å². The first-order chi connectivity index (χ1) is 12.5. The smallest absolute Gasteiger partial charge is 0.241 e. The highest BCUT2D eigenvalue weighted by Crippen LogP contribution is 2.32. The summed E-state index contributed by atoms with van der Waals surface area (Å²) in [5.74, 6) is 0.840. The molecule has 0 fully saturated rings. The van der Waals surface area contributed by atoms with E-state index in [1.54, 1.807) is 6.07 Å². The Bertz CT molecular complexity index is 954. The number of rotatable bonds is 7. The van der Waals surface area contributed by atoms with E-state index in [0.717, 1.165) is 10.4 Å². The summed E-state index contributed by atoms with van der Waals surface area (Å²) in [7, 11) is -0.791. The molecule has 2 aromatic carbocycles. The molecular weight excluding hydrogens is 370 g/mol. The minimum Gasteiger partial charge on any atom is -0.493 e. The number of hydrogen-bond donors (Lipinski definition) is 1. The van der Waals surface area contributed by atoms with E-state index >= 15 is 0 Å². The van der Waals surface area contributed by atoms with E-state index < -0.39 is 16.1 Å². The molecule has 0 aliphatic carbocycles. The Morgan fingerprint density at radius 2 is 1.65 bits per heavy atom. The Hall–Kier alpha value is -2.35. The van der Waals surface area contributed by atoms with Crippen LogP contribution in [0.15, 0.2) is 70.9 Å². The molecule has 0 unspecified atom stereocenters. The SMILES string of the molecule is COc1ccc(S(=O)(=O)N[C@@H](c2ccccc2)c2cccs2)cc1OC. The fourth-order valence-corrected chi connectivity index (χ4v) is 4.69. The van der Waals surface area contributed by atoms with Gasteiger partial charge in [-0.25, -0.2) is 8.42 Å². The van der Waals surface area contributed by atoms with Crippen LogP contribution in [0.1, 0.15) is 16.5 Å². The molecule has 0 spiro atoms. The molecule has 0 amide bonds. The summed E-state index contributed by atoms with van der Waals surface area (Å²) in [4.78, 5) is 1.04. The fourth-order valence-electron chi connectivity index (χ4n) is 2.60. The van der Waals surface area contributed by atoms with Crippen LogP contribution in [-0.2, 0) is 10.0 Å². The van der Waals surface area contributed by atoms with Gasteiger partial charge < -0.3 is 9.47 Å². The van der Waals surface area contributed by atoms with Crippen LogP contribution >= 0.6 is 11.3 Å². The number of thiophene rings is 1. The number of nitrogens with one attached hydrogen (secondary N) is 1. The molecule has 26 heavy (non-hydrogen) atoms. The standard InChI is InChI=1S/C19H19NO4S2/c1-23-16-11-10-15(13-17(16)24-2)26(21,22)20-19(18-9-6-12-25-18)14-7-4-3-5-8-14/h3-13,19-20H,1-2H3/t19-/m0/s1. The van der Waals surface area contributed by atoms with E-state index in [0.29, 0.717) is 11.5 Å². The summed E-state index contributed by atoms with van der Waals surface area (Å²) in [5.41, 5.74) is 0.874. The Morgan fingerprint density at radius 1 is 0.923 bits per heavy atom. The van der Waals surface area contributed by atoms with Crippen LogP contribution < -0.4 is 14.2 Å². The maximum Gasteiger partial charge on any atom is 0.241 e. The van der Waals surface area contributed by atoms with Crippen molar-refractivity contribution in [3.05, 3.63) is 76.5 Å². The van der Waals surface area contributed by atoms with E-state index in [9.17, 15) is 8.42 Å². The topological polar surface area (TPSA) is 64.6 Å². The van der Waals surface area contributed by atoms with Gasteiger partial charge in [0.2, 0.25) is 10.0 Å². The van der Waals surface area contributed by atoms with E-state index in [4.69, 9.17) is 9.47 Å². The van der Waals surface area contributed by atoms with Gasteiger partial charge in [0.15, 0.2) is 11.5 Å². The van der Waals surface area contributed by atoms with Gasteiger partial charge in [-0.05, 0) is 29.1 Å². The molecule has 1 aromatic heterocycles. The molecule has 0 saturated carbocycles. The molecule has 0 saturated heterocycles. The Morgan fingerprint density at radius 3 is 2.27 bits per heavy atom. The third kappa shape index (κ3) is 3.90. The minimum atomic E-state index is -3.77. The summed E-state index contributed by atoms with van der Waals surface area (Å²) >= 11 is 1.50. The van der Waals surface area contributed by atoms with E-state index in [1.165, 1.54) is 37.7 Å². The summed E-state index contributed by atoms with van der Waals surface area (Å²) < 4.78 is 39.1. The number of ether oxygens (including phenoxy) is 2. The van der Waals surface area contributed by atoms with Gasteiger partial charge in [-0.1, -0.05) is 36.4 Å². The second-order valence-corrected chi connectivity index (χ2v) is 8.19. The van der Waals surface area contributed by atoms with Crippen molar-refractivity contribution in [2.75, 3.05) is 14.2 Å². The van der Waals surface area contributed by atoms with Gasteiger partial charge in [-0.3, -0.25) is 0 Å². The summed E-state index contributed by atoms with van der Waals surface area (Å²) in [6.07, 6.45) is 0. The summed E-state index contributed by atoms with van der Waals surface area (Å²) in [5, 5.41) is 1.93. The zero-order valence-electron chi connectivity index (χ0n) is 14.4. The summed E-state index contributed by atoms with van der Waals surface area (Å²) in [6.45, 7) is 0. The van der Waals surface area contributed by atoms with Gasteiger partial charge in [0.05, 0.1) is 25.2 Å². The highest BCUT2D eigenvalue weighted by molar-refractivity contribution is 7.89. The van der Waals surface area contributed by atoms with Gasteiger partial charge in [-0.2, -0.15) is 4.72 Å². The van der Waals surface area contributed by atoms with E-state index in [1.807, 2.05) is 47.8 Å². The molecule has 5 nitrogen and oxygen atoms in total. The van der Waals surface area contributed by atoms with Crippen molar-refractivity contribution in [3.8, 4) is 11.5 Å². The van der Waals surface area contributed by atoms with Crippen LogP contribution in [0.3, 0.4) is 0 Å². The first kappa shape index (κ1) is 18.4. The van der Waals surface area contributed by atoms with Crippen LogP contribution in [0.25, 0.3) is 0 Å². The molecule has 3 rings (SSSR count). The lowest BCUT2D eigenvalue weighted by Gasteiger charge is -2.19. The Kier molecular flexibility index (Phi) is 5.61. The van der Waals surface area contributed by atoms with Crippen molar-refractivity contribution in [1.29, 1.82) is 0 Å². The molecule has 1 N–H and O–H groups in total. The minimum absolute atomic E-state index is 0.118. The quantitative estimate of drug-likeness (QED) is 0.667. The molecule has 3 aromatic rings. The van der Waals surface area contributed by atoms with E-state index in [-0.39, 0.29) is 4.90 Å². The monoisotopic (exact) mass is 389 g/mol.